The van der Waals surface area contributed by atoms with Gasteiger partial charge in [-0.25, -0.2) is 4.39 Å². The predicted molar refractivity (Wildman–Crippen MR) is 117 cm³/mol. The maximum Gasteiger partial charge on any atom is 0.127 e. The van der Waals surface area contributed by atoms with E-state index in [2.05, 4.69) is 22.8 Å². The molecule has 0 aliphatic heterocycles. The van der Waals surface area contributed by atoms with Gasteiger partial charge in [-0.05, 0) is 86.8 Å². The topological polar surface area (TPSA) is 96.7 Å². The van der Waals surface area contributed by atoms with E-state index in [9.17, 15) is 9.50 Å². The fourth-order valence-corrected chi connectivity index (χ4v) is 2.63. The Morgan fingerprint density at radius 3 is 2.54 bits per heavy atom. The van der Waals surface area contributed by atoms with Crippen molar-refractivity contribution in [1.29, 1.82) is 0 Å². The minimum Gasteiger partial charge on any atom is -0.508 e. The summed E-state index contributed by atoms with van der Waals surface area (Å²) in [6.07, 6.45) is 8.73. The number of anilines is 1. The van der Waals surface area contributed by atoms with Crippen molar-refractivity contribution in [1.82, 2.24) is 0 Å². The van der Waals surface area contributed by atoms with Crippen molar-refractivity contribution >= 4 is 12.4 Å². The molecule has 0 fully saturated rings. The molecule has 0 amide bonds. The lowest BCUT2D eigenvalue weighted by Crippen LogP contribution is -2.16. The summed E-state index contributed by atoms with van der Waals surface area (Å²) in [5.41, 5.74) is 13.2. The molecular formula is C22H29FN4O. The average Bonchev–Trinajstić information content (AvgIpc) is 2.69. The Morgan fingerprint density at radius 2 is 1.93 bits per heavy atom. The third kappa shape index (κ3) is 7.25. The smallest absolute Gasteiger partial charge is 0.127 e. The molecule has 0 saturated carbocycles. The molecule has 1 unspecified atom stereocenters. The molecule has 5 nitrogen and oxygen atoms in total. The molecule has 0 aromatic heterocycles. The van der Waals surface area contributed by atoms with Crippen LogP contribution >= 0.6 is 0 Å². The highest BCUT2D eigenvalue weighted by molar-refractivity contribution is 5.69. The zero-order valence-corrected chi connectivity index (χ0v) is 16.4. The van der Waals surface area contributed by atoms with Gasteiger partial charge in [0.05, 0.1) is 0 Å². The summed E-state index contributed by atoms with van der Waals surface area (Å²) in [6, 6.07) is 9.79. The average molecular weight is 384 g/mol. The highest BCUT2D eigenvalue weighted by Crippen LogP contribution is 2.28. The summed E-state index contributed by atoms with van der Waals surface area (Å²) in [5.74, 6) is -0.554. The maximum absolute atomic E-state index is 13.5. The number of aliphatic imine (C=N–C) groups is 1. The third-order valence-corrected chi connectivity index (χ3v) is 3.95. The van der Waals surface area contributed by atoms with Crippen LogP contribution < -0.4 is 16.8 Å². The first-order valence-electron chi connectivity index (χ1n) is 8.97. The van der Waals surface area contributed by atoms with Crippen LogP contribution in [0.25, 0.3) is 11.1 Å². The van der Waals surface area contributed by atoms with Gasteiger partial charge in [-0.15, -0.1) is 0 Å². The summed E-state index contributed by atoms with van der Waals surface area (Å²) in [6.45, 7) is 5.62. The molecule has 0 aliphatic rings. The number of benzene rings is 2. The molecule has 0 heterocycles. The Kier molecular flexibility index (Phi) is 10.1. The van der Waals surface area contributed by atoms with Crippen molar-refractivity contribution in [2.45, 2.75) is 25.9 Å². The molecule has 0 aliphatic carbocycles. The van der Waals surface area contributed by atoms with Gasteiger partial charge in [-0.3, -0.25) is 4.99 Å². The summed E-state index contributed by atoms with van der Waals surface area (Å²) < 4.78 is 13.5. The Balaban J connectivity index is 0.00000190. The number of hydrogen-bond donors (Lipinski definition) is 4. The van der Waals surface area contributed by atoms with Gasteiger partial charge in [0.25, 0.3) is 0 Å². The van der Waals surface area contributed by atoms with Crippen molar-refractivity contribution < 1.29 is 9.50 Å². The number of aromatic hydroxyl groups is 1. The number of nitrogens with one attached hydrogen (secondary N) is 1. The molecule has 0 bridgehead atoms. The van der Waals surface area contributed by atoms with Crippen molar-refractivity contribution in [2.75, 3.05) is 12.4 Å². The number of aryl methyl sites for hydroxylation is 1. The first kappa shape index (κ1) is 22.9. The molecule has 2 aromatic rings. The van der Waals surface area contributed by atoms with Gasteiger partial charge in [-0.1, -0.05) is 18.2 Å². The quantitative estimate of drug-likeness (QED) is 0.402. The number of nitrogens with zero attached hydrogens (tertiary/aromatic N) is 1. The number of phenols is 1. The largest absolute Gasteiger partial charge is 0.508 e. The van der Waals surface area contributed by atoms with Crippen molar-refractivity contribution in [3.63, 3.8) is 0 Å². The number of rotatable bonds is 8. The second-order valence-corrected chi connectivity index (χ2v) is 5.96. The Labute approximate surface area is 166 Å². The van der Waals surface area contributed by atoms with Crippen LogP contribution in [0.3, 0.4) is 0 Å². The van der Waals surface area contributed by atoms with E-state index < -0.39 is 5.82 Å². The Hall–Kier alpha value is -3.12. The monoisotopic (exact) mass is 384 g/mol. The van der Waals surface area contributed by atoms with Gasteiger partial charge in [0, 0.05) is 11.8 Å². The van der Waals surface area contributed by atoms with Crippen molar-refractivity contribution in [2.24, 2.45) is 16.5 Å². The SMILES string of the molecule is C=NC(CC/C=C\C=C/N)Nc1ccc(-c2cc(O)cc(F)c2)cc1C.CN. The van der Waals surface area contributed by atoms with E-state index in [1.807, 2.05) is 37.3 Å². The van der Waals surface area contributed by atoms with Crippen LogP contribution in [0.15, 0.2) is 65.8 Å². The summed E-state index contributed by atoms with van der Waals surface area (Å²) in [7, 11) is 1.50. The highest BCUT2D eigenvalue weighted by Gasteiger charge is 2.09. The molecule has 2 aromatic carbocycles. The van der Waals surface area contributed by atoms with E-state index in [4.69, 9.17) is 5.73 Å². The molecule has 28 heavy (non-hydrogen) atoms. The molecule has 0 saturated heterocycles. The van der Waals surface area contributed by atoms with E-state index in [0.29, 0.717) is 5.56 Å². The van der Waals surface area contributed by atoms with Crippen LogP contribution in [0.1, 0.15) is 18.4 Å². The molecule has 2 rings (SSSR count). The van der Waals surface area contributed by atoms with E-state index in [1.54, 1.807) is 12.1 Å². The second-order valence-electron chi connectivity index (χ2n) is 5.96. The zero-order valence-electron chi connectivity index (χ0n) is 16.4. The number of halogens is 1. The lowest BCUT2D eigenvalue weighted by atomic mass is 10.0. The molecule has 0 spiro atoms. The van der Waals surface area contributed by atoms with E-state index in [1.165, 1.54) is 19.3 Å². The lowest BCUT2D eigenvalue weighted by Gasteiger charge is -2.17. The number of phenolic OH excluding ortho intramolecular Hbond substituents is 1. The van der Waals surface area contributed by atoms with E-state index >= 15 is 0 Å². The normalized spacial score (nSPS) is 11.9. The van der Waals surface area contributed by atoms with E-state index in [-0.39, 0.29) is 11.9 Å². The standard InChI is InChI=1S/C21H24FN3O.CH5N/c1-15-11-16(17-12-18(22)14-19(26)13-17)8-9-20(15)25-21(24-2)7-5-3-4-6-10-23;1-2/h3-4,6,8-14,21,25-26H,2,5,7,23H2,1H3;2H2,1H3/b4-3-,10-6-;. The summed E-state index contributed by atoms with van der Waals surface area (Å²) in [5, 5.41) is 12.9. The molecule has 0 radical (unpaired) electrons. The van der Waals surface area contributed by atoms with Gasteiger partial charge in [0.1, 0.15) is 17.7 Å². The van der Waals surface area contributed by atoms with Crippen LogP contribution in [-0.4, -0.2) is 25.0 Å². The first-order chi connectivity index (χ1) is 13.5. The molecule has 6 N–H and O–H groups in total. The van der Waals surface area contributed by atoms with Crippen LogP contribution in [0.2, 0.25) is 0 Å². The van der Waals surface area contributed by atoms with Crippen LogP contribution in [0.4, 0.5) is 10.1 Å². The van der Waals surface area contributed by atoms with Crippen LogP contribution in [0, 0.1) is 12.7 Å². The van der Waals surface area contributed by atoms with Crippen molar-refractivity contribution in [3.05, 3.63) is 72.2 Å². The van der Waals surface area contributed by atoms with Gasteiger partial charge < -0.3 is 21.9 Å². The first-order valence-corrected chi connectivity index (χ1v) is 8.97. The number of nitrogens with two attached hydrogens (primary N) is 2. The maximum atomic E-state index is 13.5. The second kappa shape index (κ2) is 12.3. The van der Waals surface area contributed by atoms with Gasteiger partial charge in [-0.2, -0.15) is 0 Å². The highest BCUT2D eigenvalue weighted by atomic mass is 19.1. The van der Waals surface area contributed by atoms with Gasteiger partial charge >= 0.3 is 0 Å². The molecular weight excluding hydrogens is 355 g/mol. The molecule has 6 heteroatoms. The summed E-state index contributed by atoms with van der Waals surface area (Å²) in [4.78, 5) is 4.13. The van der Waals surface area contributed by atoms with Gasteiger partial charge in [0.15, 0.2) is 0 Å². The third-order valence-electron chi connectivity index (χ3n) is 3.95. The van der Waals surface area contributed by atoms with Crippen LogP contribution in [-0.2, 0) is 0 Å². The summed E-state index contributed by atoms with van der Waals surface area (Å²) >= 11 is 0. The Bertz CT molecular complexity index is 798. The number of allylic oxidation sites excluding steroid dienone is 3. The Morgan fingerprint density at radius 1 is 1.18 bits per heavy atom. The molecule has 150 valence electrons. The fraction of sp³-hybridized carbons (Fsp3) is 0.227. The minimum absolute atomic E-state index is 0.0895. The fourth-order valence-electron chi connectivity index (χ4n) is 2.63. The minimum atomic E-state index is -0.465. The number of hydrogen-bond acceptors (Lipinski definition) is 5. The predicted octanol–water partition coefficient (Wildman–Crippen LogP) is 4.33. The van der Waals surface area contributed by atoms with E-state index in [0.717, 1.165) is 35.7 Å². The zero-order chi connectivity index (χ0) is 20.9. The molecule has 1 atom stereocenters. The lowest BCUT2D eigenvalue weighted by molar-refractivity contribution is 0.469. The van der Waals surface area contributed by atoms with Crippen molar-refractivity contribution in [3.8, 4) is 16.9 Å². The van der Waals surface area contributed by atoms with Crippen LogP contribution in [0.5, 0.6) is 5.75 Å². The van der Waals surface area contributed by atoms with Gasteiger partial charge in [0.2, 0.25) is 0 Å².